The lowest BCUT2D eigenvalue weighted by atomic mass is 10.0. The lowest BCUT2D eigenvalue weighted by molar-refractivity contribution is -0.137. The highest BCUT2D eigenvalue weighted by Gasteiger charge is 2.32. The van der Waals surface area contributed by atoms with Crippen LogP contribution in [0.4, 0.5) is 18.9 Å². The monoisotopic (exact) mass is 683 g/mol. The number of aliphatic hydroxyl groups is 1. The molecule has 11 heteroatoms. The number of nitrogens with one attached hydrogen (secondary N) is 1. The van der Waals surface area contributed by atoms with Crippen LogP contribution in [0, 0.1) is 5.92 Å². The highest BCUT2D eigenvalue weighted by Crippen LogP contribution is 2.30. The smallest absolute Gasteiger partial charge is 0.416 e. The summed E-state index contributed by atoms with van der Waals surface area (Å²) in [5, 5.41) is 13.1. The van der Waals surface area contributed by atoms with Gasteiger partial charge in [-0.25, -0.2) is 0 Å². The van der Waals surface area contributed by atoms with Gasteiger partial charge in [-0.05, 0) is 81.6 Å². The SMILES string of the molecule is C[C@@H]1CCCCO[C@H](CN(C)Cc2ccc(C(F)(F)F)cc2)[C@@H](C)CN([C@@H](C)CO)C(=O)c2cc(NC(=O)Cc3ccccc3)ccc2O1. The van der Waals surface area contributed by atoms with Gasteiger partial charge in [0, 0.05) is 37.8 Å². The third-order valence-electron chi connectivity index (χ3n) is 8.77. The van der Waals surface area contributed by atoms with Crippen LogP contribution < -0.4 is 10.1 Å². The van der Waals surface area contributed by atoms with Crippen molar-refractivity contribution in [3.8, 4) is 5.75 Å². The first-order valence-electron chi connectivity index (χ1n) is 16.9. The second-order valence-corrected chi connectivity index (χ2v) is 13.1. The maximum absolute atomic E-state index is 14.3. The molecule has 0 saturated carbocycles. The Hall–Kier alpha value is -3.93. The summed E-state index contributed by atoms with van der Waals surface area (Å²) in [6, 6.07) is 19.1. The molecule has 0 bridgehead atoms. The number of alkyl halides is 3. The van der Waals surface area contributed by atoms with E-state index in [1.807, 2.05) is 56.1 Å². The Morgan fingerprint density at radius 3 is 2.43 bits per heavy atom. The van der Waals surface area contributed by atoms with Gasteiger partial charge < -0.3 is 24.8 Å². The number of hydrogen-bond acceptors (Lipinski definition) is 6. The van der Waals surface area contributed by atoms with Gasteiger partial charge >= 0.3 is 6.18 Å². The molecule has 4 atom stereocenters. The molecule has 3 aromatic rings. The molecule has 1 heterocycles. The van der Waals surface area contributed by atoms with E-state index in [4.69, 9.17) is 9.47 Å². The summed E-state index contributed by atoms with van der Waals surface area (Å²) in [4.78, 5) is 30.9. The van der Waals surface area contributed by atoms with Crippen molar-refractivity contribution in [1.82, 2.24) is 9.80 Å². The average molecular weight is 684 g/mol. The van der Waals surface area contributed by atoms with E-state index in [0.717, 1.165) is 42.5 Å². The number of likely N-dealkylation sites (N-methyl/N-ethyl adjacent to an activating group) is 1. The molecule has 49 heavy (non-hydrogen) atoms. The van der Waals surface area contributed by atoms with Gasteiger partial charge in [0.25, 0.3) is 5.91 Å². The maximum atomic E-state index is 14.3. The minimum Gasteiger partial charge on any atom is -0.490 e. The fraction of sp³-hybridized carbons (Fsp3) is 0.474. The summed E-state index contributed by atoms with van der Waals surface area (Å²) in [5.74, 6) is -0.331. The predicted molar refractivity (Wildman–Crippen MR) is 183 cm³/mol. The molecule has 0 radical (unpaired) electrons. The lowest BCUT2D eigenvalue weighted by Gasteiger charge is -2.36. The van der Waals surface area contributed by atoms with E-state index in [9.17, 15) is 27.9 Å². The number of amides is 2. The molecule has 2 amide bonds. The van der Waals surface area contributed by atoms with Crippen molar-refractivity contribution in [2.75, 3.05) is 38.7 Å². The first-order chi connectivity index (χ1) is 23.3. The van der Waals surface area contributed by atoms with Gasteiger partial charge in [-0.1, -0.05) is 49.4 Å². The Bertz CT molecular complexity index is 1500. The predicted octanol–water partition coefficient (Wildman–Crippen LogP) is 6.81. The zero-order chi connectivity index (χ0) is 35.6. The molecule has 4 rings (SSSR count). The molecular weight excluding hydrogens is 635 g/mol. The van der Waals surface area contributed by atoms with E-state index in [-0.39, 0.29) is 55.1 Å². The van der Waals surface area contributed by atoms with E-state index in [1.165, 1.54) is 12.1 Å². The minimum atomic E-state index is -4.39. The van der Waals surface area contributed by atoms with Crippen molar-refractivity contribution in [3.05, 3.63) is 95.1 Å². The van der Waals surface area contributed by atoms with Crippen LogP contribution in [0.5, 0.6) is 5.75 Å². The number of carbonyl (C=O) groups is 2. The molecule has 0 spiro atoms. The van der Waals surface area contributed by atoms with Gasteiger partial charge in [0.05, 0.1) is 42.4 Å². The molecule has 1 aliphatic heterocycles. The fourth-order valence-corrected chi connectivity index (χ4v) is 5.93. The van der Waals surface area contributed by atoms with Gasteiger partial charge in [-0.3, -0.25) is 14.5 Å². The topological polar surface area (TPSA) is 91.3 Å². The van der Waals surface area contributed by atoms with Crippen molar-refractivity contribution in [2.24, 2.45) is 5.92 Å². The Labute approximate surface area is 287 Å². The first kappa shape index (κ1) is 37.9. The number of halogens is 3. The second-order valence-electron chi connectivity index (χ2n) is 13.1. The van der Waals surface area contributed by atoms with Crippen LogP contribution >= 0.6 is 0 Å². The van der Waals surface area contributed by atoms with Gasteiger partial charge in [0.1, 0.15) is 5.75 Å². The Morgan fingerprint density at radius 1 is 1.04 bits per heavy atom. The minimum absolute atomic E-state index is 0.173. The Morgan fingerprint density at radius 2 is 1.76 bits per heavy atom. The Kier molecular flexibility index (Phi) is 13.6. The zero-order valence-electron chi connectivity index (χ0n) is 28.7. The molecule has 0 unspecified atom stereocenters. The summed E-state index contributed by atoms with van der Waals surface area (Å²) in [6.07, 6.45) is -2.34. The largest absolute Gasteiger partial charge is 0.490 e. The van der Waals surface area contributed by atoms with Crippen LogP contribution in [0.15, 0.2) is 72.8 Å². The van der Waals surface area contributed by atoms with Crippen LogP contribution in [0.1, 0.15) is 67.1 Å². The third kappa shape index (κ3) is 11.3. The Balaban J connectivity index is 1.56. The third-order valence-corrected chi connectivity index (χ3v) is 8.77. The van der Waals surface area contributed by atoms with Crippen LogP contribution in [-0.2, 0) is 28.7 Å². The molecule has 2 N–H and O–H groups in total. The number of hydrogen-bond donors (Lipinski definition) is 2. The van der Waals surface area contributed by atoms with Crippen molar-refractivity contribution in [2.45, 2.75) is 77.4 Å². The van der Waals surface area contributed by atoms with E-state index >= 15 is 0 Å². The highest BCUT2D eigenvalue weighted by molar-refractivity contribution is 6.00. The highest BCUT2D eigenvalue weighted by atomic mass is 19.4. The molecule has 1 aliphatic rings. The molecule has 266 valence electrons. The van der Waals surface area contributed by atoms with Crippen LogP contribution in [-0.4, -0.2) is 78.3 Å². The number of benzene rings is 3. The van der Waals surface area contributed by atoms with Gasteiger partial charge in [0.2, 0.25) is 5.91 Å². The molecule has 0 saturated heterocycles. The summed E-state index contributed by atoms with van der Waals surface area (Å²) in [6.45, 7) is 7.11. The van der Waals surface area contributed by atoms with Crippen molar-refractivity contribution >= 4 is 17.5 Å². The van der Waals surface area contributed by atoms with Crippen LogP contribution in [0.3, 0.4) is 0 Å². The molecule has 0 aromatic heterocycles. The molecule has 8 nitrogen and oxygen atoms in total. The fourth-order valence-electron chi connectivity index (χ4n) is 5.93. The standard InChI is InChI=1S/C38H48F3N3O5/c1-26-22-44(27(2)25-45)37(47)33-21-32(42-36(46)20-29-11-6-5-7-12-29)17-18-34(33)49-28(3)10-8-9-19-48-35(26)24-43(4)23-30-13-15-31(16-14-30)38(39,40)41/h5-7,11-18,21,26-28,35,45H,8-10,19-20,22-25H2,1-4H3,(H,42,46)/t26-,27-,28+,35+/m0/s1. The summed E-state index contributed by atoms with van der Waals surface area (Å²) >= 11 is 0. The van der Waals surface area contributed by atoms with E-state index < -0.39 is 17.8 Å². The number of carbonyl (C=O) groups excluding carboxylic acids is 2. The lowest BCUT2D eigenvalue weighted by Crippen LogP contribution is -2.47. The molecule has 3 aromatic carbocycles. The normalized spacial score (nSPS) is 20.2. The van der Waals surface area contributed by atoms with E-state index in [1.54, 1.807) is 30.0 Å². The summed E-state index contributed by atoms with van der Waals surface area (Å²) < 4.78 is 51.9. The molecule has 0 aliphatic carbocycles. The zero-order valence-corrected chi connectivity index (χ0v) is 28.7. The number of rotatable bonds is 9. The summed E-state index contributed by atoms with van der Waals surface area (Å²) in [7, 11) is 1.89. The second kappa shape index (κ2) is 17.6. The van der Waals surface area contributed by atoms with E-state index in [2.05, 4.69) is 5.32 Å². The number of ether oxygens (including phenoxy) is 2. The maximum Gasteiger partial charge on any atom is 0.416 e. The van der Waals surface area contributed by atoms with Crippen molar-refractivity contribution in [3.63, 3.8) is 0 Å². The van der Waals surface area contributed by atoms with Crippen molar-refractivity contribution in [1.29, 1.82) is 0 Å². The van der Waals surface area contributed by atoms with Crippen LogP contribution in [0.25, 0.3) is 0 Å². The first-order valence-corrected chi connectivity index (χ1v) is 16.9. The van der Waals surface area contributed by atoms with Gasteiger partial charge in [-0.15, -0.1) is 0 Å². The van der Waals surface area contributed by atoms with E-state index in [0.29, 0.717) is 31.1 Å². The molecule has 0 fully saturated rings. The quantitative estimate of drug-likeness (QED) is 0.258. The van der Waals surface area contributed by atoms with Crippen LogP contribution in [0.2, 0.25) is 0 Å². The number of anilines is 1. The van der Waals surface area contributed by atoms with Crippen molar-refractivity contribution < 1.29 is 37.3 Å². The number of fused-ring (bicyclic) bond motifs is 1. The average Bonchev–Trinajstić information content (AvgIpc) is 3.06. The molecular formula is C38H48F3N3O5. The van der Waals surface area contributed by atoms with Gasteiger partial charge in [-0.2, -0.15) is 13.2 Å². The number of aliphatic hydroxyl groups excluding tert-OH is 1. The van der Waals surface area contributed by atoms with Gasteiger partial charge in [0.15, 0.2) is 0 Å². The number of nitrogens with zero attached hydrogens (tertiary/aromatic N) is 2. The summed E-state index contributed by atoms with van der Waals surface area (Å²) in [5.41, 5.74) is 1.66.